The molecule has 0 N–H and O–H groups in total. The minimum atomic E-state index is -0.112. The summed E-state index contributed by atoms with van der Waals surface area (Å²) in [6.07, 6.45) is 0. The van der Waals surface area contributed by atoms with Crippen molar-refractivity contribution in [2.24, 2.45) is 0 Å². The number of rotatable bonds is 3. The van der Waals surface area contributed by atoms with E-state index in [1.54, 1.807) is 19.2 Å². The van der Waals surface area contributed by atoms with Gasteiger partial charge in [0.05, 0.1) is 12.7 Å². The molecule has 3 heteroatoms. The molecule has 0 unspecified atom stereocenters. The zero-order valence-corrected chi connectivity index (χ0v) is 10.7. The standard InChI is InChI=1S/C15H15NO2/c1-10-6-4-8-12(15(10)18-3)14(17)13-9-5-7-11(2)16-13/h4-9H,1-3H3. The van der Waals surface area contributed by atoms with Gasteiger partial charge in [0.15, 0.2) is 0 Å². The summed E-state index contributed by atoms with van der Waals surface area (Å²) >= 11 is 0. The maximum Gasteiger partial charge on any atom is 0.215 e. The Morgan fingerprint density at radius 1 is 1.11 bits per heavy atom. The number of hydrogen-bond donors (Lipinski definition) is 0. The summed E-state index contributed by atoms with van der Waals surface area (Å²) in [4.78, 5) is 16.6. The molecule has 0 aliphatic heterocycles. The van der Waals surface area contributed by atoms with Gasteiger partial charge in [-0.25, -0.2) is 4.98 Å². The molecule has 0 spiro atoms. The number of benzene rings is 1. The molecule has 0 amide bonds. The highest BCUT2D eigenvalue weighted by atomic mass is 16.5. The van der Waals surface area contributed by atoms with Gasteiger partial charge < -0.3 is 4.74 Å². The van der Waals surface area contributed by atoms with E-state index in [-0.39, 0.29) is 5.78 Å². The Bertz CT molecular complexity index is 591. The predicted molar refractivity (Wildman–Crippen MR) is 70.1 cm³/mol. The van der Waals surface area contributed by atoms with E-state index < -0.39 is 0 Å². The van der Waals surface area contributed by atoms with Crippen LogP contribution in [0.5, 0.6) is 5.75 Å². The molecule has 2 rings (SSSR count). The predicted octanol–water partition coefficient (Wildman–Crippen LogP) is 2.94. The van der Waals surface area contributed by atoms with Gasteiger partial charge in [-0.3, -0.25) is 4.79 Å². The van der Waals surface area contributed by atoms with Crippen molar-refractivity contribution in [2.75, 3.05) is 7.11 Å². The summed E-state index contributed by atoms with van der Waals surface area (Å²) in [5.74, 6) is 0.505. The van der Waals surface area contributed by atoms with Crippen LogP contribution in [0.4, 0.5) is 0 Å². The molecule has 92 valence electrons. The second kappa shape index (κ2) is 5.00. The largest absolute Gasteiger partial charge is 0.496 e. The molecule has 1 aromatic carbocycles. The van der Waals surface area contributed by atoms with E-state index in [9.17, 15) is 4.79 Å². The molecule has 0 fully saturated rings. The Hall–Kier alpha value is -2.16. The van der Waals surface area contributed by atoms with Gasteiger partial charge in [0.25, 0.3) is 0 Å². The van der Waals surface area contributed by atoms with E-state index in [1.165, 1.54) is 0 Å². The Kier molecular flexibility index (Phi) is 3.42. The molecule has 0 saturated carbocycles. The fourth-order valence-electron chi connectivity index (χ4n) is 1.91. The van der Waals surface area contributed by atoms with Crippen LogP contribution in [0.25, 0.3) is 0 Å². The molecule has 0 atom stereocenters. The topological polar surface area (TPSA) is 39.2 Å². The highest BCUT2D eigenvalue weighted by Crippen LogP contribution is 2.24. The first kappa shape index (κ1) is 12.3. The molecule has 3 nitrogen and oxygen atoms in total. The van der Waals surface area contributed by atoms with E-state index >= 15 is 0 Å². The third-order valence-electron chi connectivity index (χ3n) is 2.78. The summed E-state index contributed by atoms with van der Waals surface area (Å²) in [7, 11) is 1.57. The molecular weight excluding hydrogens is 226 g/mol. The third-order valence-corrected chi connectivity index (χ3v) is 2.78. The normalized spacial score (nSPS) is 10.2. The highest BCUT2D eigenvalue weighted by molar-refractivity contribution is 6.09. The third kappa shape index (κ3) is 2.25. The van der Waals surface area contributed by atoms with Crippen LogP contribution < -0.4 is 4.74 Å². The van der Waals surface area contributed by atoms with Gasteiger partial charge in [-0.1, -0.05) is 18.2 Å². The average Bonchev–Trinajstić information content (AvgIpc) is 2.37. The Labute approximate surface area is 106 Å². The van der Waals surface area contributed by atoms with Crippen molar-refractivity contribution < 1.29 is 9.53 Å². The maximum absolute atomic E-state index is 12.4. The molecule has 1 aromatic heterocycles. The first-order valence-corrected chi connectivity index (χ1v) is 5.75. The molecule has 0 radical (unpaired) electrons. The van der Waals surface area contributed by atoms with Crippen LogP contribution in [-0.4, -0.2) is 17.9 Å². The highest BCUT2D eigenvalue weighted by Gasteiger charge is 2.16. The van der Waals surface area contributed by atoms with Gasteiger partial charge in [-0.15, -0.1) is 0 Å². The molecule has 1 heterocycles. The van der Waals surface area contributed by atoms with Gasteiger partial charge in [-0.2, -0.15) is 0 Å². The summed E-state index contributed by atoms with van der Waals surface area (Å²) in [5, 5.41) is 0. The van der Waals surface area contributed by atoms with Crippen LogP contribution in [0.1, 0.15) is 27.3 Å². The number of carbonyl (C=O) groups excluding carboxylic acids is 1. The molecule has 0 aliphatic rings. The fraction of sp³-hybridized carbons (Fsp3) is 0.200. The minimum absolute atomic E-state index is 0.112. The lowest BCUT2D eigenvalue weighted by Crippen LogP contribution is -2.07. The lowest BCUT2D eigenvalue weighted by atomic mass is 10.0. The Balaban J connectivity index is 2.49. The van der Waals surface area contributed by atoms with E-state index in [0.29, 0.717) is 17.0 Å². The summed E-state index contributed by atoms with van der Waals surface area (Å²) in [5.41, 5.74) is 2.76. The van der Waals surface area contributed by atoms with Crippen LogP contribution in [-0.2, 0) is 0 Å². The molecule has 18 heavy (non-hydrogen) atoms. The SMILES string of the molecule is COc1c(C)cccc1C(=O)c1cccc(C)n1. The summed E-state index contributed by atoms with van der Waals surface area (Å²) in [6, 6.07) is 10.9. The minimum Gasteiger partial charge on any atom is -0.496 e. The van der Waals surface area contributed by atoms with Gasteiger partial charge in [-0.05, 0) is 37.6 Å². The molecule has 2 aromatic rings. The van der Waals surface area contributed by atoms with Gasteiger partial charge in [0.1, 0.15) is 11.4 Å². The van der Waals surface area contributed by atoms with Crippen LogP contribution >= 0.6 is 0 Å². The number of pyridine rings is 1. The van der Waals surface area contributed by atoms with E-state index in [2.05, 4.69) is 4.98 Å². The van der Waals surface area contributed by atoms with E-state index in [1.807, 2.05) is 38.1 Å². The number of ether oxygens (including phenoxy) is 1. The lowest BCUT2D eigenvalue weighted by Gasteiger charge is -2.10. The van der Waals surface area contributed by atoms with Crippen LogP contribution in [0.2, 0.25) is 0 Å². The summed E-state index contributed by atoms with van der Waals surface area (Å²) in [6.45, 7) is 3.78. The number of methoxy groups -OCH3 is 1. The molecular formula is C15H15NO2. The average molecular weight is 241 g/mol. The fourth-order valence-corrected chi connectivity index (χ4v) is 1.91. The first-order valence-electron chi connectivity index (χ1n) is 5.75. The molecule has 0 bridgehead atoms. The number of aromatic nitrogens is 1. The Morgan fingerprint density at radius 3 is 2.50 bits per heavy atom. The number of carbonyl (C=O) groups is 1. The van der Waals surface area contributed by atoms with E-state index in [0.717, 1.165) is 11.3 Å². The monoisotopic (exact) mass is 241 g/mol. The van der Waals surface area contributed by atoms with Crippen molar-refractivity contribution in [2.45, 2.75) is 13.8 Å². The zero-order valence-electron chi connectivity index (χ0n) is 10.7. The zero-order chi connectivity index (χ0) is 13.1. The van der Waals surface area contributed by atoms with Gasteiger partial charge >= 0.3 is 0 Å². The molecule has 0 aliphatic carbocycles. The quantitative estimate of drug-likeness (QED) is 0.775. The van der Waals surface area contributed by atoms with Gasteiger partial charge in [0.2, 0.25) is 5.78 Å². The summed E-state index contributed by atoms with van der Waals surface area (Å²) < 4.78 is 5.30. The van der Waals surface area contributed by atoms with Crippen LogP contribution in [0.15, 0.2) is 36.4 Å². The van der Waals surface area contributed by atoms with Crippen LogP contribution in [0.3, 0.4) is 0 Å². The van der Waals surface area contributed by atoms with Crippen molar-refractivity contribution in [3.05, 3.63) is 58.9 Å². The lowest BCUT2D eigenvalue weighted by molar-refractivity contribution is 0.103. The smallest absolute Gasteiger partial charge is 0.215 e. The number of para-hydroxylation sites is 1. The van der Waals surface area contributed by atoms with Gasteiger partial charge in [0, 0.05) is 5.69 Å². The number of nitrogens with zero attached hydrogens (tertiary/aromatic N) is 1. The van der Waals surface area contributed by atoms with Crippen molar-refractivity contribution in [1.82, 2.24) is 4.98 Å². The molecule has 0 saturated heterocycles. The number of ketones is 1. The van der Waals surface area contributed by atoms with E-state index in [4.69, 9.17) is 4.74 Å². The first-order chi connectivity index (χ1) is 8.63. The Morgan fingerprint density at radius 2 is 1.83 bits per heavy atom. The van der Waals surface area contributed by atoms with Crippen molar-refractivity contribution in [3.63, 3.8) is 0 Å². The van der Waals surface area contributed by atoms with Crippen molar-refractivity contribution >= 4 is 5.78 Å². The van der Waals surface area contributed by atoms with Crippen molar-refractivity contribution in [1.29, 1.82) is 0 Å². The number of aryl methyl sites for hydroxylation is 2. The number of hydrogen-bond acceptors (Lipinski definition) is 3. The second-order valence-corrected chi connectivity index (χ2v) is 4.15. The van der Waals surface area contributed by atoms with Crippen molar-refractivity contribution in [3.8, 4) is 5.75 Å². The second-order valence-electron chi connectivity index (χ2n) is 4.15. The maximum atomic E-state index is 12.4. The van der Waals surface area contributed by atoms with Crippen LogP contribution in [0, 0.1) is 13.8 Å².